The van der Waals surface area contributed by atoms with Crippen LogP contribution in [0.5, 0.6) is 11.5 Å². The van der Waals surface area contributed by atoms with Gasteiger partial charge in [-0.05, 0) is 48.9 Å². The van der Waals surface area contributed by atoms with Gasteiger partial charge in [-0.1, -0.05) is 24.3 Å². The van der Waals surface area contributed by atoms with Gasteiger partial charge in [0.2, 0.25) is 5.91 Å². The van der Waals surface area contributed by atoms with Crippen molar-refractivity contribution in [2.45, 2.75) is 13.3 Å². The van der Waals surface area contributed by atoms with E-state index in [1.807, 2.05) is 48.5 Å². The Balaban J connectivity index is 1.66. The number of nitrogens with one attached hydrogen (secondary N) is 1. The molecule has 29 heavy (non-hydrogen) atoms. The van der Waals surface area contributed by atoms with Gasteiger partial charge in [-0.25, -0.2) is 4.98 Å². The van der Waals surface area contributed by atoms with Crippen LogP contribution in [0.15, 0.2) is 66.9 Å². The van der Waals surface area contributed by atoms with Crippen molar-refractivity contribution >= 4 is 23.1 Å². The molecule has 0 bridgehead atoms. The first-order chi connectivity index (χ1) is 14.1. The van der Waals surface area contributed by atoms with Crippen molar-refractivity contribution in [3.05, 3.63) is 72.4 Å². The second-order valence-electron chi connectivity index (χ2n) is 6.40. The Morgan fingerprint density at radius 3 is 2.38 bits per heavy atom. The van der Waals surface area contributed by atoms with E-state index < -0.39 is 0 Å². The molecule has 0 aliphatic rings. The van der Waals surface area contributed by atoms with Crippen molar-refractivity contribution in [1.29, 1.82) is 0 Å². The van der Waals surface area contributed by atoms with Gasteiger partial charge in [0.1, 0.15) is 5.82 Å². The fraction of sp³-hybridized carbons (Fsp3) is 0.217. The second-order valence-corrected chi connectivity index (χ2v) is 6.40. The van der Waals surface area contributed by atoms with Crippen LogP contribution in [0.4, 0.5) is 17.2 Å². The van der Waals surface area contributed by atoms with Crippen LogP contribution in [-0.4, -0.2) is 31.7 Å². The summed E-state index contributed by atoms with van der Waals surface area (Å²) in [6.07, 6.45) is 1.90. The summed E-state index contributed by atoms with van der Waals surface area (Å²) in [5.74, 6) is 1.94. The van der Waals surface area contributed by atoms with E-state index in [2.05, 4.69) is 22.1 Å². The van der Waals surface area contributed by atoms with Gasteiger partial charge in [0, 0.05) is 12.2 Å². The molecule has 0 unspecified atom stereocenters. The number of anilines is 3. The molecule has 6 nitrogen and oxygen atoms in total. The van der Waals surface area contributed by atoms with E-state index in [1.54, 1.807) is 32.5 Å². The maximum atomic E-state index is 12.4. The summed E-state index contributed by atoms with van der Waals surface area (Å²) in [5, 5.41) is 2.89. The molecule has 0 aliphatic heterocycles. The molecule has 1 heterocycles. The predicted octanol–water partition coefficient (Wildman–Crippen LogP) is 4.44. The number of hydrogen-bond acceptors (Lipinski definition) is 5. The molecule has 1 aromatic heterocycles. The number of amides is 1. The van der Waals surface area contributed by atoms with Crippen LogP contribution in [0.2, 0.25) is 0 Å². The number of rotatable bonds is 8. The molecule has 6 heteroatoms. The fourth-order valence-electron chi connectivity index (χ4n) is 3.09. The maximum Gasteiger partial charge on any atom is 0.228 e. The van der Waals surface area contributed by atoms with Crippen LogP contribution in [0, 0.1) is 0 Å². The summed E-state index contributed by atoms with van der Waals surface area (Å²) >= 11 is 0. The highest BCUT2D eigenvalue weighted by Crippen LogP contribution is 2.28. The summed E-state index contributed by atoms with van der Waals surface area (Å²) in [6.45, 7) is 2.87. The molecule has 3 aromatic rings. The van der Waals surface area contributed by atoms with Crippen LogP contribution in [-0.2, 0) is 11.2 Å². The van der Waals surface area contributed by atoms with Gasteiger partial charge in [0.05, 0.1) is 32.5 Å². The van der Waals surface area contributed by atoms with Crippen molar-refractivity contribution in [1.82, 2.24) is 4.98 Å². The van der Waals surface area contributed by atoms with Crippen molar-refractivity contribution in [2.75, 3.05) is 31.0 Å². The molecule has 0 radical (unpaired) electrons. The lowest BCUT2D eigenvalue weighted by Gasteiger charge is -2.22. The van der Waals surface area contributed by atoms with Gasteiger partial charge in [0.15, 0.2) is 11.5 Å². The third-order valence-corrected chi connectivity index (χ3v) is 4.50. The van der Waals surface area contributed by atoms with E-state index in [4.69, 9.17) is 9.47 Å². The van der Waals surface area contributed by atoms with Gasteiger partial charge in [0.25, 0.3) is 0 Å². The average Bonchev–Trinajstić information content (AvgIpc) is 2.76. The zero-order chi connectivity index (χ0) is 20.6. The summed E-state index contributed by atoms with van der Waals surface area (Å²) in [5.41, 5.74) is 2.57. The molecule has 150 valence electrons. The lowest BCUT2D eigenvalue weighted by atomic mass is 10.1. The van der Waals surface area contributed by atoms with Gasteiger partial charge in [-0.3, -0.25) is 4.79 Å². The van der Waals surface area contributed by atoms with Crippen LogP contribution in [0.25, 0.3) is 0 Å². The molecule has 0 saturated carbocycles. The third kappa shape index (κ3) is 5.04. The predicted molar refractivity (Wildman–Crippen MR) is 115 cm³/mol. The standard InChI is InChI=1S/C23H25N3O3/c1-4-26(19-8-6-5-7-9-19)22-13-11-18(16-24-22)25-23(27)15-17-10-12-20(28-2)21(14-17)29-3/h5-14,16H,4,15H2,1-3H3,(H,25,27). The SMILES string of the molecule is CCN(c1ccccc1)c1ccc(NC(=O)Cc2ccc(OC)c(OC)c2)cn1. The zero-order valence-electron chi connectivity index (χ0n) is 16.9. The molecular weight excluding hydrogens is 366 g/mol. The number of hydrogen-bond donors (Lipinski definition) is 1. The van der Waals surface area contributed by atoms with Gasteiger partial charge in [-0.2, -0.15) is 0 Å². The van der Waals surface area contributed by atoms with Crippen molar-refractivity contribution in [2.24, 2.45) is 0 Å². The highest BCUT2D eigenvalue weighted by molar-refractivity contribution is 5.92. The summed E-state index contributed by atoms with van der Waals surface area (Å²) in [6, 6.07) is 19.3. The number of aromatic nitrogens is 1. The molecule has 3 rings (SSSR count). The van der Waals surface area contributed by atoms with Gasteiger partial charge < -0.3 is 19.7 Å². The lowest BCUT2D eigenvalue weighted by Crippen LogP contribution is -2.18. The highest BCUT2D eigenvalue weighted by atomic mass is 16.5. The largest absolute Gasteiger partial charge is 0.493 e. The van der Waals surface area contributed by atoms with Gasteiger partial charge >= 0.3 is 0 Å². The first kappa shape index (κ1) is 20.2. The average molecular weight is 391 g/mol. The molecule has 0 saturated heterocycles. The highest BCUT2D eigenvalue weighted by Gasteiger charge is 2.11. The number of methoxy groups -OCH3 is 2. The van der Waals surface area contributed by atoms with E-state index in [1.165, 1.54) is 0 Å². The summed E-state index contributed by atoms with van der Waals surface area (Å²) in [7, 11) is 3.16. The third-order valence-electron chi connectivity index (χ3n) is 4.50. The Hall–Kier alpha value is -3.54. The van der Waals surface area contributed by atoms with Crippen LogP contribution in [0.1, 0.15) is 12.5 Å². The zero-order valence-corrected chi connectivity index (χ0v) is 16.9. The van der Waals surface area contributed by atoms with Crippen molar-refractivity contribution in [3.63, 3.8) is 0 Å². The number of benzene rings is 2. The topological polar surface area (TPSA) is 63.7 Å². The van der Waals surface area contributed by atoms with E-state index in [0.29, 0.717) is 17.2 Å². The fourth-order valence-corrected chi connectivity index (χ4v) is 3.09. The first-order valence-electron chi connectivity index (χ1n) is 9.44. The molecule has 0 fully saturated rings. The Morgan fingerprint density at radius 2 is 1.76 bits per heavy atom. The minimum atomic E-state index is -0.123. The Labute approximate surface area is 171 Å². The normalized spacial score (nSPS) is 10.3. The van der Waals surface area contributed by atoms with E-state index >= 15 is 0 Å². The molecule has 1 N–H and O–H groups in total. The van der Waals surface area contributed by atoms with E-state index in [0.717, 1.165) is 23.6 Å². The molecule has 1 amide bonds. The van der Waals surface area contributed by atoms with Crippen LogP contribution < -0.4 is 19.7 Å². The molecule has 0 aliphatic carbocycles. The molecule has 0 spiro atoms. The smallest absolute Gasteiger partial charge is 0.228 e. The van der Waals surface area contributed by atoms with Crippen molar-refractivity contribution < 1.29 is 14.3 Å². The minimum absolute atomic E-state index is 0.123. The first-order valence-corrected chi connectivity index (χ1v) is 9.44. The number of nitrogens with zero attached hydrogens (tertiary/aromatic N) is 2. The Kier molecular flexibility index (Phi) is 6.68. The summed E-state index contributed by atoms with van der Waals surface area (Å²) in [4.78, 5) is 19.0. The van der Waals surface area contributed by atoms with Crippen LogP contribution >= 0.6 is 0 Å². The minimum Gasteiger partial charge on any atom is -0.493 e. The quantitative estimate of drug-likeness (QED) is 0.615. The van der Waals surface area contributed by atoms with E-state index in [9.17, 15) is 4.79 Å². The molecular formula is C23H25N3O3. The second kappa shape index (κ2) is 9.59. The number of pyridine rings is 1. The van der Waals surface area contributed by atoms with Crippen molar-refractivity contribution in [3.8, 4) is 11.5 Å². The lowest BCUT2D eigenvalue weighted by molar-refractivity contribution is -0.115. The Morgan fingerprint density at radius 1 is 1.00 bits per heavy atom. The number of ether oxygens (including phenoxy) is 2. The van der Waals surface area contributed by atoms with Gasteiger partial charge in [-0.15, -0.1) is 0 Å². The number of carbonyl (C=O) groups is 1. The monoisotopic (exact) mass is 391 g/mol. The molecule has 0 atom stereocenters. The van der Waals surface area contributed by atoms with Crippen LogP contribution in [0.3, 0.4) is 0 Å². The summed E-state index contributed by atoms with van der Waals surface area (Å²) < 4.78 is 10.5. The number of carbonyl (C=O) groups excluding carboxylic acids is 1. The number of para-hydroxylation sites is 1. The molecule has 2 aromatic carbocycles. The van der Waals surface area contributed by atoms with E-state index in [-0.39, 0.29) is 12.3 Å². The Bertz CT molecular complexity index is 943. The maximum absolute atomic E-state index is 12.4.